The molecule has 0 spiro atoms. The molecule has 0 unspecified atom stereocenters. The van der Waals surface area contributed by atoms with Crippen molar-refractivity contribution in [2.75, 3.05) is 20.1 Å². The van der Waals surface area contributed by atoms with E-state index in [0.29, 0.717) is 0 Å². The zero-order valence-corrected chi connectivity index (χ0v) is 17.2. The van der Waals surface area contributed by atoms with E-state index in [1.165, 1.54) is 0 Å². The highest BCUT2D eigenvalue weighted by atomic mass is 32.1. The first-order valence-corrected chi connectivity index (χ1v) is 10.4. The van der Waals surface area contributed by atoms with E-state index in [4.69, 9.17) is 0 Å². The van der Waals surface area contributed by atoms with Crippen molar-refractivity contribution in [2.24, 2.45) is 7.05 Å². The first-order chi connectivity index (χ1) is 13.5. The van der Waals surface area contributed by atoms with E-state index >= 15 is 0 Å². The standard InChI is InChI=1S/C21H23N5OS/c1-13-8-14(9-15-11-25(3)23-19(13)15)18-10-17-20(28-18)21(27)26(12-22-17)16-4-6-24(2)7-5-16/h8-12,16H,4-7H2,1-3H3. The van der Waals surface area contributed by atoms with Crippen LogP contribution in [0.5, 0.6) is 0 Å². The lowest BCUT2D eigenvalue weighted by Gasteiger charge is -2.29. The van der Waals surface area contributed by atoms with Gasteiger partial charge in [-0.2, -0.15) is 5.10 Å². The lowest BCUT2D eigenvalue weighted by Crippen LogP contribution is -2.35. The van der Waals surface area contributed by atoms with Gasteiger partial charge in [0, 0.05) is 29.5 Å². The Balaban J connectivity index is 1.59. The van der Waals surface area contributed by atoms with Crippen LogP contribution >= 0.6 is 11.3 Å². The minimum atomic E-state index is 0.0926. The predicted molar refractivity (Wildman–Crippen MR) is 114 cm³/mol. The van der Waals surface area contributed by atoms with Crippen LogP contribution in [-0.2, 0) is 7.05 Å². The summed E-state index contributed by atoms with van der Waals surface area (Å²) in [7, 11) is 4.07. The van der Waals surface area contributed by atoms with E-state index in [9.17, 15) is 4.79 Å². The Labute approximate surface area is 167 Å². The van der Waals surface area contributed by atoms with Gasteiger partial charge in [-0.3, -0.25) is 14.0 Å². The summed E-state index contributed by atoms with van der Waals surface area (Å²) in [5.74, 6) is 0. The molecule has 3 aromatic heterocycles. The Morgan fingerprint density at radius 3 is 2.71 bits per heavy atom. The van der Waals surface area contributed by atoms with Gasteiger partial charge in [-0.25, -0.2) is 4.98 Å². The third-order valence-electron chi connectivity index (χ3n) is 5.74. The third-order valence-corrected chi connectivity index (χ3v) is 6.90. The molecule has 28 heavy (non-hydrogen) atoms. The second-order valence-electron chi connectivity index (χ2n) is 7.85. The molecule has 0 atom stereocenters. The van der Waals surface area contributed by atoms with Gasteiger partial charge in [0.15, 0.2) is 0 Å². The molecule has 144 valence electrons. The molecule has 6 nitrogen and oxygen atoms in total. The number of rotatable bonds is 2. The van der Waals surface area contributed by atoms with Gasteiger partial charge >= 0.3 is 0 Å². The van der Waals surface area contributed by atoms with Gasteiger partial charge in [0.25, 0.3) is 5.56 Å². The number of hydrogen-bond donors (Lipinski definition) is 0. The number of piperidine rings is 1. The Kier molecular flexibility index (Phi) is 4.10. The van der Waals surface area contributed by atoms with Crippen LogP contribution < -0.4 is 5.56 Å². The Morgan fingerprint density at radius 2 is 1.93 bits per heavy atom. The van der Waals surface area contributed by atoms with E-state index in [-0.39, 0.29) is 11.6 Å². The smallest absolute Gasteiger partial charge is 0.271 e. The Bertz CT molecular complexity index is 1240. The summed E-state index contributed by atoms with van der Waals surface area (Å²) >= 11 is 1.55. The van der Waals surface area contributed by atoms with Crippen molar-refractivity contribution >= 4 is 32.5 Å². The molecule has 1 aliphatic rings. The largest absolute Gasteiger partial charge is 0.306 e. The molecule has 7 heteroatoms. The Hall–Kier alpha value is -2.51. The number of likely N-dealkylation sites (tertiary alicyclic amines) is 1. The van der Waals surface area contributed by atoms with Crippen molar-refractivity contribution < 1.29 is 0 Å². The topological polar surface area (TPSA) is 56.0 Å². The fourth-order valence-corrected chi connectivity index (χ4v) is 5.21. The van der Waals surface area contributed by atoms with Crippen LogP contribution in [0.3, 0.4) is 0 Å². The summed E-state index contributed by atoms with van der Waals surface area (Å²) in [6.07, 6.45) is 5.77. The summed E-state index contributed by atoms with van der Waals surface area (Å²) in [6, 6.07) is 6.59. The SMILES string of the molecule is Cc1cc(-c2cc3ncn(C4CCN(C)CC4)c(=O)c3s2)cc2cn(C)nc12. The highest BCUT2D eigenvalue weighted by molar-refractivity contribution is 7.22. The molecular formula is C21H23N5OS. The van der Waals surface area contributed by atoms with Crippen LogP contribution in [-0.4, -0.2) is 44.4 Å². The van der Waals surface area contributed by atoms with Crippen molar-refractivity contribution in [3.8, 4) is 10.4 Å². The third kappa shape index (κ3) is 2.86. The van der Waals surface area contributed by atoms with Crippen LogP contribution in [0.15, 0.2) is 35.5 Å². The van der Waals surface area contributed by atoms with E-state index in [0.717, 1.165) is 63.1 Å². The van der Waals surface area contributed by atoms with E-state index in [1.807, 2.05) is 28.6 Å². The van der Waals surface area contributed by atoms with Crippen LogP contribution in [0.25, 0.3) is 31.6 Å². The number of nitrogens with zero attached hydrogens (tertiary/aromatic N) is 5. The first-order valence-electron chi connectivity index (χ1n) is 9.63. The molecule has 4 aromatic rings. The quantitative estimate of drug-likeness (QED) is 0.522. The van der Waals surface area contributed by atoms with Gasteiger partial charge in [0.2, 0.25) is 0 Å². The fourth-order valence-electron chi connectivity index (χ4n) is 4.17. The molecule has 0 amide bonds. The second kappa shape index (κ2) is 6.53. The zero-order chi connectivity index (χ0) is 19.4. The maximum atomic E-state index is 13.1. The van der Waals surface area contributed by atoms with E-state index in [2.05, 4.69) is 41.1 Å². The van der Waals surface area contributed by atoms with Crippen molar-refractivity contribution in [1.29, 1.82) is 0 Å². The average Bonchev–Trinajstić information content (AvgIpc) is 3.27. The van der Waals surface area contributed by atoms with Gasteiger partial charge in [0.1, 0.15) is 4.70 Å². The lowest BCUT2D eigenvalue weighted by molar-refractivity contribution is 0.218. The van der Waals surface area contributed by atoms with Crippen molar-refractivity contribution in [2.45, 2.75) is 25.8 Å². The van der Waals surface area contributed by atoms with Crippen LogP contribution in [0.2, 0.25) is 0 Å². The number of aryl methyl sites for hydroxylation is 2. The number of benzene rings is 1. The summed E-state index contributed by atoms with van der Waals surface area (Å²) < 4.78 is 4.44. The summed E-state index contributed by atoms with van der Waals surface area (Å²) in [5.41, 5.74) is 4.16. The van der Waals surface area contributed by atoms with Crippen molar-refractivity contribution in [3.63, 3.8) is 0 Å². The maximum absolute atomic E-state index is 13.1. The molecule has 1 saturated heterocycles. The van der Waals surface area contributed by atoms with E-state index < -0.39 is 0 Å². The molecule has 4 heterocycles. The van der Waals surface area contributed by atoms with Gasteiger partial charge in [-0.05, 0) is 69.2 Å². The Morgan fingerprint density at radius 1 is 1.14 bits per heavy atom. The number of aromatic nitrogens is 4. The van der Waals surface area contributed by atoms with Gasteiger partial charge in [-0.15, -0.1) is 11.3 Å². The molecule has 1 aromatic carbocycles. The molecule has 0 aliphatic carbocycles. The summed E-state index contributed by atoms with van der Waals surface area (Å²) in [5, 5.41) is 5.64. The van der Waals surface area contributed by atoms with Crippen LogP contribution in [0.1, 0.15) is 24.4 Å². The highest BCUT2D eigenvalue weighted by Gasteiger charge is 2.21. The first kappa shape index (κ1) is 17.6. The normalized spacial score (nSPS) is 16.4. The molecule has 0 radical (unpaired) electrons. The minimum absolute atomic E-state index is 0.0926. The molecule has 0 bridgehead atoms. The molecule has 1 aliphatic heterocycles. The average molecular weight is 394 g/mol. The fraction of sp³-hybridized carbons (Fsp3) is 0.381. The maximum Gasteiger partial charge on any atom is 0.271 e. The van der Waals surface area contributed by atoms with Gasteiger partial charge < -0.3 is 4.90 Å². The lowest BCUT2D eigenvalue weighted by atomic mass is 10.1. The number of thiophene rings is 1. The molecule has 1 fully saturated rings. The van der Waals surface area contributed by atoms with Crippen molar-refractivity contribution in [1.82, 2.24) is 24.2 Å². The summed E-state index contributed by atoms with van der Waals surface area (Å²) in [6.45, 7) is 4.13. The van der Waals surface area contributed by atoms with Crippen LogP contribution in [0, 0.1) is 6.92 Å². The summed E-state index contributed by atoms with van der Waals surface area (Å²) in [4.78, 5) is 21.1. The molecule has 5 rings (SSSR count). The molecule has 0 saturated carbocycles. The molecule has 0 N–H and O–H groups in total. The number of hydrogen-bond acceptors (Lipinski definition) is 5. The monoisotopic (exact) mass is 393 g/mol. The highest BCUT2D eigenvalue weighted by Crippen LogP contribution is 2.34. The van der Waals surface area contributed by atoms with Crippen molar-refractivity contribution in [3.05, 3.63) is 46.6 Å². The van der Waals surface area contributed by atoms with Gasteiger partial charge in [-0.1, -0.05) is 0 Å². The minimum Gasteiger partial charge on any atom is -0.306 e. The number of fused-ring (bicyclic) bond motifs is 2. The zero-order valence-electron chi connectivity index (χ0n) is 16.3. The second-order valence-corrected chi connectivity index (χ2v) is 8.90. The molecular weight excluding hydrogens is 370 g/mol. The predicted octanol–water partition coefficient (Wildman–Crippen LogP) is 3.59. The van der Waals surface area contributed by atoms with Gasteiger partial charge in [0.05, 0.1) is 17.4 Å². The van der Waals surface area contributed by atoms with Crippen LogP contribution in [0.4, 0.5) is 0 Å². The van der Waals surface area contributed by atoms with E-state index in [1.54, 1.807) is 17.7 Å².